The Kier molecular flexibility index (Phi) is 5.47. The first kappa shape index (κ1) is 20.3. The normalized spacial score (nSPS) is 10.8. The molecule has 5 aromatic rings. The maximum absolute atomic E-state index is 12.7. The average molecular weight is 441 g/mol. The summed E-state index contributed by atoms with van der Waals surface area (Å²) in [7, 11) is 0. The molecule has 0 aliphatic rings. The summed E-state index contributed by atoms with van der Waals surface area (Å²) in [5.41, 5.74) is 0.974. The first-order valence-corrected chi connectivity index (χ1v) is 10.3. The first-order valence-electron chi connectivity index (χ1n) is 10.3. The Morgan fingerprint density at radius 3 is 2.58 bits per heavy atom. The summed E-state index contributed by atoms with van der Waals surface area (Å²) in [6, 6.07) is 23.5. The van der Waals surface area contributed by atoms with E-state index in [-0.39, 0.29) is 11.9 Å². The minimum absolute atomic E-state index is 0.0464. The van der Waals surface area contributed by atoms with Gasteiger partial charge in [0, 0.05) is 10.9 Å². The maximum Gasteiger partial charge on any atom is 0.322 e. The zero-order chi connectivity index (χ0) is 22.6. The molecule has 2 heterocycles. The van der Waals surface area contributed by atoms with Gasteiger partial charge in [-0.3, -0.25) is 10.1 Å². The smallest absolute Gasteiger partial charge is 0.322 e. The maximum atomic E-state index is 12.7. The number of benzene rings is 3. The third-order valence-corrected chi connectivity index (χ3v) is 4.74. The van der Waals surface area contributed by atoms with Gasteiger partial charge in [0.1, 0.15) is 11.5 Å². The topological polar surface area (TPSA) is 99.6 Å². The van der Waals surface area contributed by atoms with E-state index in [1.54, 1.807) is 30.3 Å². The minimum atomic E-state index is -0.410. The van der Waals surface area contributed by atoms with Crippen molar-refractivity contribution in [1.29, 1.82) is 0 Å². The highest BCUT2D eigenvalue weighted by Gasteiger charge is 2.18. The molecule has 0 saturated heterocycles. The number of rotatable bonds is 7. The second kappa shape index (κ2) is 8.88. The SMILES string of the molecule is CCOc1cccc2cc(-c3nnc(NC(=O)c4cccc(Oc5ccccc5)c4)o3)oc12. The number of carbonyl (C=O) groups excluding carboxylic acids is 1. The van der Waals surface area contributed by atoms with E-state index in [9.17, 15) is 4.79 Å². The van der Waals surface area contributed by atoms with E-state index < -0.39 is 5.91 Å². The van der Waals surface area contributed by atoms with E-state index in [1.165, 1.54) is 0 Å². The number of amides is 1. The summed E-state index contributed by atoms with van der Waals surface area (Å²) < 4.78 is 22.8. The van der Waals surface area contributed by atoms with Gasteiger partial charge in [0.25, 0.3) is 11.8 Å². The lowest BCUT2D eigenvalue weighted by Crippen LogP contribution is -2.12. The molecule has 0 aliphatic carbocycles. The largest absolute Gasteiger partial charge is 0.490 e. The summed E-state index contributed by atoms with van der Waals surface area (Å²) in [4.78, 5) is 12.7. The van der Waals surface area contributed by atoms with E-state index in [0.29, 0.717) is 40.8 Å². The molecule has 164 valence electrons. The molecule has 3 aromatic carbocycles. The number of fused-ring (bicyclic) bond motifs is 1. The molecule has 1 amide bonds. The number of furan rings is 1. The van der Waals surface area contributed by atoms with Gasteiger partial charge in [0.2, 0.25) is 0 Å². The zero-order valence-electron chi connectivity index (χ0n) is 17.6. The molecule has 0 saturated carbocycles. The minimum Gasteiger partial charge on any atom is -0.490 e. The standard InChI is InChI=1S/C25H19N3O5/c1-2-30-20-13-7-8-16-15-21(32-22(16)20)24-27-28-25(33-24)26-23(29)17-9-6-12-19(14-17)31-18-10-4-3-5-11-18/h3-15H,2H2,1H3,(H,26,28,29). The fourth-order valence-electron chi connectivity index (χ4n) is 3.28. The van der Waals surface area contributed by atoms with Crippen LogP contribution in [0, 0.1) is 0 Å². The number of nitrogens with one attached hydrogen (secondary N) is 1. The highest BCUT2D eigenvalue weighted by atomic mass is 16.5. The van der Waals surface area contributed by atoms with Gasteiger partial charge in [-0.2, -0.15) is 0 Å². The van der Waals surface area contributed by atoms with Gasteiger partial charge in [0.05, 0.1) is 6.61 Å². The molecule has 2 aromatic heterocycles. The number of ether oxygens (including phenoxy) is 2. The van der Waals surface area contributed by atoms with Crippen LogP contribution >= 0.6 is 0 Å². The van der Waals surface area contributed by atoms with Crippen molar-refractivity contribution in [2.45, 2.75) is 6.92 Å². The van der Waals surface area contributed by atoms with Crippen LogP contribution < -0.4 is 14.8 Å². The van der Waals surface area contributed by atoms with Crippen molar-refractivity contribution in [3.63, 3.8) is 0 Å². The molecule has 0 fully saturated rings. The van der Waals surface area contributed by atoms with E-state index >= 15 is 0 Å². The van der Waals surface area contributed by atoms with E-state index in [0.717, 1.165) is 5.39 Å². The van der Waals surface area contributed by atoms with Crippen molar-refractivity contribution in [3.8, 4) is 28.9 Å². The van der Waals surface area contributed by atoms with E-state index in [4.69, 9.17) is 18.3 Å². The van der Waals surface area contributed by atoms with Crippen LogP contribution in [0.15, 0.2) is 87.7 Å². The highest BCUT2D eigenvalue weighted by Crippen LogP contribution is 2.33. The lowest BCUT2D eigenvalue weighted by Gasteiger charge is -2.07. The lowest BCUT2D eigenvalue weighted by molar-refractivity contribution is 0.102. The predicted octanol–water partition coefficient (Wildman–Crippen LogP) is 5.93. The lowest BCUT2D eigenvalue weighted by atomic mass is 10.2. The molecular formula is C25H19N3O5. The van der Waals surface area contributed by atoms with Crippen molar-refractivity contribution >= 4 is 22.9 Å². The highest BCUT2D eigenvalue weighted by molar-refractivity contribution is 6.03. The number of carbonyl (C=O) groups is 1. The monoisotopic (exact) mass is 441 g/mol. The van der Waals surface area contributed by atoms with Crippen molar-refractivity contribution in [3.05, 3.63) is 84.4 Å². The quantitative estimate of drug-likeness (QED) is 0.334. The molecule has 0 bridgehead atoms. The molecule has 0 atom stereocenters. The van der Waals surface area contributed by atoms with Crippen LogP contribution in [-0.2, 0) is 0 Å². The number of para-hydroxylation sites is 2. The molecular weight excluding hydrogens is 422 g/mol. The van der Waals surface area contributed by atoms with Crippen LogP contribution in [0.4, 0.5) is 6.01 Å². The fourth-order valence-corrected chi connectivity index (χ4v) is 3.28. The van der Waals surface area contributed by atoms with Gasteiger partial charge >= 0.3 is 6.01 Å². The molecule has 0 aliphatic heterocycles. The summed E-state index contributed by atoms with van der Waals surface area (Å²) in [5.74, 6) is 1.95. The fraction of sp³-hybridized carbons (Fsp3) is 0.0800. The van der Waals surface area contributed by atoms with Crippen LogP contribution in [0.3, 0.4) is 0 Å². The molecule has 1 N–H and O–H groups in total. The van der Waals surface area contributed by atoms with Gasteiger partial charge in [-0.25, -0.2) is 0 Å². The summed E-state index contributed by atoms with van der Waals surface area (Å²) in [5, 5.41) is 11.3. The Morgan fingerprint density at radius 2 is 1.73 bits per heavy atom. The van der Waals surface area contributed by atoms with E-state index in [1.807, 2.05) is 55.5 Å². The summed E-state index contributed by atoms with van der Waals surface area (Å²) >= 11 is 0. The van der Waals surface area contributed by atoms with Crippen molar-refractivity contribution in [2.75, 3.05) is 11.9 Å². The number of anilines is 1. The van der Waals surface area contributed by atoms with Gasteiger partial charge < -0.3 is 18.3 Å². The van der Waals surface area contributed by atoms with Gasteiger partial charge in [-0.1, -0.05) is 41.5 Å². The van der Waals surface area contributed by atoms with Crippen LogP contribution in [0.5, 0.6) is 17.2 Å². The number of hydrogen-bond donors (Lipinski definition) is 1. The zero-order valence-corrected chi connectivity index (χ0v) is 17.6. The van der Waals surface area contributed by atoms with Crippen molar-refractivity contribution in [2.24, 2.45) is 0 Å². The van der Waals surface area contributed by atoms with Crippen LogP contribution in [0.2, 0.25) is 0 Å². The van der Waals surface area contributed by atoms with E-state index in [2.05, 4.69) is 15.5 Å². The second-order valence-electron chi connectivity index (χ2n) is 7.03. The molecule has 0 radical (unpaired) electrons. The Morgan fingerprint density at radius 1 is 0.909 bits per heavy atom. The molecule has 8 heteroatoms. The molecule has 0 spiro atoms. The van der Waals surface area contributed by atoms with Gasteiger partial charge in [-0.05, 0) is 49.4 Å². The Labute approximate surface area is 188 Å². The number of hydrogen-bond acceptors (Lipinski definition) is 7. The van der Waals surface area contributed by atoms with Gasteiger partial charge in [-0.15, -0.1) is 5.10 Å². The second-order valence-corrected chi connectivity index (χ2v) is 7.03. The Balaban J connectivity index is 1.32. The van der Waals surface area contributed by atoms with Crippen LogP contribution in [0.25, 0.3) is 22.6 Å². The average Bonchev–Trinajstić information content (AvgIpc) is 3.48. The predicted molar refractivity (Wildman–Crippen MR) is 122 cm³/mol. The van der Waals surface area contributed by atoms with Crippen molar-refractivity contribution < 1.29 is 23.1 Å². The Bertz CT molecular complexity index is 1410. The number of nitrogens with zero attached hydrogens (tertiary/aromatic N) is 2. The molecule has 5 rings (SSSR count). The molecule has 8 nitrogen and oxygen atoms in total. The van der Waals surface area contributed by atoms with Crippen LogP contribution in [-0.4, -0.2) is 22.7 Å². The number of aromatic nitrogens is 2. The van der Waals surface area contributed by atoms with Crippen molar-refractivity contribution in [1.82, 2.24) is 10.2 Å². The third kappa shape index (κ3) is 4.40. The Hall–Kier alpha value is -4.59. The van der Waals surface area contributed by atoms with Gasteiger partial charge in [0.15, 0.2) is 17.1 Å². The molecule has 0 unspecified atom stereocenters. The third-order valence-electron chi connectivity index (χ3n) is 4.74. The molecule has 33 heavy (non-hydrogen) atoms. The summed E-state index contributed by atoms with van der Waals surface area (Å²) in [6.45, 7) is 2.42. The van der Waals surface area contributed by atoms with Crippen LogP contribution in [0.1, 0.15) is 17.3 Å². The summed E-state index contributed by atoms with van der Waals surface area (Å²) in [6.07, 6.45) is 0. The first-order chi connectivity index (χ1) is 16.2.